The summed E-state index contributed by atoms with van der Waals surface area (Å²) >= 11 is 7.47. The van der Waals surface area contributed by atoms with Gasteiger partial charge >= 0.3 is 0 Å². The third-order valence-corrected chi connectivity index (χ3v) is 3.10. The highest BCUT2D eigenvalue weighted by Gasteiger charge is 2.28. The number of hydrogen-bond acceptors (Lipinski definition) is 3. The third kappa shape index (κ3) is 1.41. The number of thiazole rings is 1. The van der Waals surface area contributed by atoms with Gasteiger partial charge in [0.1, 0.15) is 9.34 Å². The molecule has 0 radical (unpaired) electrons. The number of aromatic nitrogens is 1. The first-order valence-corrected chi connectivity index (χ1v) is 4.86. The molecule has 2 nitrogen and oxygen atoms in total. The summed E-state index contributed by atoms with van der Waals surface area (Å²) in [6.45, 7) is 0.511. The smallest absolute Gasteiger partial charge is 0.116 e. The predicted octanol–water partition coefficient (Wildman–Crippen LogP) is 2.13. The van der Waals surface area contributed by atoms with Crippen LogP contribution in [-0.4, -0.2) is 4.98 Å². The van der Waals surface area contributed by atoms with Gasteiger partial charge < -0.3 is 5.73 Å². The molecule has 11 heavy (non-hydrogen) atoms. The van der Waals surface area contributed by atoms with Gasteiger partial charge in [0.15, 0.2) is 0 Å². The average Bonchev–Trinajstić information content (AvgIpc) is 2.76. The zero-order valence-corrected chi connectivity index (χ0v) is 7.58. The van der Waals surface area contributed by atoms with Crippen molar-refractivity contribution >= 4 is 22.9 Å². The minimum atomic E-state index is 0.511. The molecule has 1 aromatic rings. The van der Waals surface area contributed by atoms with Crippen LogP contribution in [0.2, 0.25) is 4.34 Å². The summed E-state index contributed by atoms with van der Waals surface area (Å²) in [6, 6.07) is 0. The first kappa shape index (κ1) is 7.53. The molecular formula is C7H9ClN2S. The van der Waals surface area contributed by atoms with E-state index in [1.807, 2.05) is 0 Å². The molecule has 0 saturated heterocycles. The van der Waals surface area contributed by atoms with Gasteiger partial charge in [0.05, 0.1) is 5.69 Å². The van der Waals surface area contributed by atoms with E-state index in [1.165, 1.54) is 24.2 Å². The van der Waals surface area contributed by atoms with Crippen LogP contribution < -0.4 is 5.73 Å². The summed E-state index contributed by atoms with van der Waals surface area (Å²) in [5.41, 5.74) is 6.52. The largest absolute Gasteiger partial charge is 0.325 e. The van der Waals surface area contributed by atoms with E-state index in [4.69, 9.17) is 17.3 Å². The average molecular weight is 189 g/mol. The molecule has 0 atom stereocenters. The highest BCUT2D eigenvalue weighted by atomic mass is 35.5. The molecule has 1 aliphatic carbocycles. The number of rotatable bonds is 2. The van der Waals surface area contributed by atoms with Crippen molar-refractivity contribution in [2.45, 2.75) is 25.3 Å². The quantitative estimate of drug-likeness (QED) is 0.773. The summed E-state index contributed by atoms with van der Waals surface area (Å²) in [7, 11) is 0. The van der Waals surface area contributed by atoms with Crippen molar-refractivity contribution in [3.8, 4) is 0 Å². The van der Waals surface area contributed by atoms with E-state index >= 15 is 0 Å². The SMILES string of the molecule is NCc1nc(C2CC2)c(Cl)s1. The van der Waals surface area contributed by atoms with E-state index < -0.39 is 0 Å². The van der Waals surface area contributed by atoms with Crippen molar-refractivity contribution in [1.82, 2.24) is 4.98 Å². The highest BCUT2D eigenvalue weighted by Crippen LogP contribution is 2.44. The Kier molecular flexibility index (Phi) is 1.87. The zero-order valence-electron chi connectivity index (χ0n) is 6.01. The molecule has 2 rings (SSSR count). The summed E-state index contributed by atoms with van der Waals surface area (Å²) in [5, 5.41) is 0.955. The lowest BCUT2D eigenvalue weighted by Crippen LogP contribution is -1.94. The molecule has 2 N–H and O–H groups in total. The van der Waals surface area contributed by atoms with Crippen molar-refractivity contribution < 1.29 is 0 Å². The topological polar surface area (TPSA) is 38.9 Å². The Labute approximate surface area is 74.4 Å². The van der Waals surface area contributed by atoms with Gasteiger partial charge in [0, 0.05) is 12.5 Å². The van der Waals surface area contributed by atoms with Crippen LogP contribution in [0.5, 0.6) is 0 Å². The predicted molar refractivity (Wildman–Crippen MR) is 47.0 cm³/mol. The molecule has 1 aliphatic rings. The summed E-state index contributed by atoms with van der Waals surface area (Å²) < 4.78 is 0.841. The van der Waals surface area contributed by atoms with Crippen molar-refractivity contribution in [2.75, 3.05) is 0 Å². The maximum absolute atomic E-state index is 5.96. The zero-order chi connectivity index (χ0) is 7.84. The molecule has 0 amide bonds. The van der Waals surface area contributed by atoms with Crippen molar-refractivity contribution in [3.63, 3.8) is 0 Å². The minimum absolute atomic E-state index is 0.511. The molecule has 0 bridgehead atoms. The summed E-state index contributed by atoms with van der Waals surface area (Å²) in [4.78, 5) is 4.35. The van der Waals surface area contributed by atoms with E-state index in [2.05, 4.69) is 4.98 Å². The van der Waals surface area contributed by atoms with Gasteiger partial charge in [-0.3, -0.25) is 0 Å². The van der Waals surface area contributed by atoms with Crippen LogP contribution in [0, 0.1) is 0 Å². The fraction of sp³-hybridized carbons (Fsp3) is 0.571. The van der Waals surface area contributed by atoms with Crippen LogP contribution in [0.3, 0.4) is 0 Å². The van der Waals surface area contributed by atoms with Crippen LogP contribution in [-0.2, 0) is 6.54 Å². The Morgan fingerprint density at radius 1 is 1.64 bits per heavy atom. The van der Waals surface area contributed by atoms with Crippen molar-refractivity contribution in [1.29, 1.82) is 0 Å². The van der Waals surface area contributed by atoms with Gasteiger partial charge in [-0.2, -0.15) is 0 Å². The molecule has 1 aromatic heterocycles. The molecule has 60 valence electrons. The third-order valence-electron chi connectivity index (χ3n) is 1.79. The summed E-state index contributed by atoms with van der Waals surface area (Å²) in [5.74, 6) is 0.638. The number of hydrogen-bond donors (Lipinski definition) is 1. The van der Waals surface area contributed by atoms with E-state index in [0.29, 0.717) is 12.5 Å². The van der Waals surface area contributed by atoms with Crippen LogP contribution in [0.4, 0.5) is 0 Å². The van der Waals surface area contributed by atoms with E-state index in [1.54, 1.807) is 0 Å². The number of nitrogens with zero attached hydrogens (tertiary/aromatic N) is 1. The van der Waals surface area contributed by atoms with Crippen LogP contribution >= 0.6 is 22.9 Å². The molecule has 1 saturated carbocycles. The Hall–Kier alpha value is -0.120. The highest BCUT2D eigenvalue weighted by molar-refractivity contribution is 7.16. The molecule has 0 spiro atoms. The van der Waals surface area contributed by atoms with Crippen molar-refractivity contribution in [2.24, 2.45) is 5.73 Å². The van der Waals surface area contributed by atoms with E-state index in [0.717, 1.165) is 15.0 Å². The van der Waals surface area contributed by atoms with Crippen LogP contribution in [0.15, 0.2) is 0 Å². The lowest BCUT2D eigenvalue weighted by molar-refractivity contribution is 0.973. The van der Waals surface area contributed by atoms with Crippen LogP contribution in [0.25, 0.3) is 0 Å². The molecule has 0 unspecified atom stereocenters. The number of halogens is 1. The molecule has 4 heteroatoms. The van der Waals surface area contributed by atoms with Gasteiger partial charge in [-0.1, -0.05) is 11.6 Å². The molecular weight excluding hydrogens is 180 g/mol. The lowest BCUT2D eigenvalue weighted by atomic mass is 10.3. The fourth-order valence-corrected chi connectivity index (χ4v) is 2.27. The molecule has 0 aliphatic heterocycles. The standard InChI is InChI=1S/C7H9ClN2S/c8-7-6(4-1-2-4)10-5(3-9)11-7/h4H,1-3,9H2. The Balaban J connectivity index is 2.30. The van der Waals surface area contributed by atoms with Gasteiger partial charge in [0.2, 0.25) is 0 Å². The minimum Gasteiger partial charge on any atom is -0.325 e. The second-order valence-corrected chi connectivity index (χ2v) is 4.43. The van der Waals surface area contributed by atoms with Gasteiger partial charge in [-0.15, -0.1) is 11.3 Å². The summed E-state index contributed by atoms with van der Waals surface area (Å²) in [6.07, 6.45) is 2.49. The maximum Gasteiger partial charge on any atom is 0.116 e. The van der Waals surface area contributed by atoms with Crippen molar-refractivity contribution in [3.05, 3.63) is 15.0 Å². The second kappa shape index (κ2) is 2.73. The first-order chi connectivity index (χ1) is 5.31. The lowest BCUT2D eigenvalue weighted by Gasteiger charge is -1.87. The van der Waals surface area contributed by atoms with Gasteiger partial charge in [0.25, 0.3) is 0 Å². The molecule has 1 heterocycles. The van der Waals surface area contributed by atoms with Gasteiger partial charge in [-0.05, 0) is 12.8 Å². The maximum atomic E-state index is 5.96. The Morgan fingerprint density at radius 2 is 2.36 bits per heavy atom. The van der Waals surface area contributed by atoms with E-state index in [-0.39, 0.29) is 0 Å². The monoisotopic (exact) mass is 188 g/mol. The molecule has 0 aromatic carbocycles. The number of nitrogens with two attached hydrogens (primary N) is 1. The second-order valence-electron chi connectivity index (χ2n) is 2.74. The molecule has 1 fully saturated rings. The Bertz CT molecular complexity index is 267. The van der Waals surface area contributed by atoms with Crippen LogP contribution in [0.1, 0.15) is 29.5 Å². The first-order valence-electron chi connectivity index (χ1n) is 3.66. The Morgan fingerprint density at radius 3 is 2.82 bits per heavy atom. The fourth-order valence-electron chi connectivity index (χ4n) is 1.05. The normalized spacial score (nSPS) is 17.3. The van der Waals surface area contributed by atoms with Gasteiger partial charge in [-0.25, -0.2) is 4.98 Å². The van der Waals surface area contributed by atoms with E-state index in [9.17, 15) is 0 Å².